The quantitative estimate of drug-likeness (QED) is 0.831. The van der Waals surface area contributed by atoms with Gasteiger partial charge in [0.15, 0.2) is 0 Å². The third kappa shape index (κ3) is 2.78. The highest BCUT2D eigenvalue weighted by atomic mass is 79.9. The predicted octanol–water partition coefficient (Wildman–Crippen LogP) is 1.49. The minimum absolute atomic E-state index is 0.122. The lowest BCUT2D eigenvalue weighted by Crippen LogP contribution is -2.22. The van der Waals surface area contributed by atoms with Gasteiger partial charge in [-0.25, -0.2) is 4.39 Å². The van der Waals surface area contributed by atoms with E-state index in [-0.39, 0.29) is 12.5 Å². The molecule has 0 radical (unpaired) electrons. The van der Waals surface area contributed by atoms with E-state index in [2.05, 4.69) is 21.2 Å². The Morgan fingerprint density at radius 3 is 2.92 bits per heavy atom. The smallest absolute Gasteiger partial charge is 0.238 e. The van der Waals surface area contributed by atoms with Crippen molar-refractivity contribution in [1.29, 1.82) is 0 Å². The Balaban J connectivity index is 2.87. The molecule has 1 aromatic carbocycles. The van der Waals surface area contributed by atoms with E-state index in [1.807, 2.05) is 0 Å². The van der Waals surface area contributed by atoms with Crippen molar-refractivity contribution in [2.75, 3.05) is 11.9 Å². The van der Waals surface area contributed by atoms with E-state index < -0.39 is 5.82 Å². The molecule has 0 unspecified atom stereocenters. The summed E-state index contributed by atoms with van der Waals surface area (Å²) in [4.78, 5) is 10.9. The van der Waals surface area contributed by atoms with E-state index >= 15 is 0 Å². The highest BCUT2D eigenvalue weighted by Gasteiger charge is 2.04. The molecule has 13 heavy (non-hydrogen) atoms. The van der Waals surface area contributed by atoms with E-state index in [9.17, 15) is 9.18 Å². The Hall–Kier alpha value is -0.940. The molecule has 0 spiro atoms. The van der Waals surface area contributed by atoms with Crippen molar-refractivity contribution < 1.29 is 9.18 Å². The molecular weight excluding hydrogens is 239 g/mol. The lowest BCUT2D eigenvalue weighted by Gasteiger charge is -2.05. The van der Waals surface area contributed by atoms with Crippen LogP contribution in [-0.2, 0) is 4.79 Å². The van der Waals surface area contributed by atoms with Crippen molar-refractivity contribution in [2.45, 2.75) is 0 Å². The Morgan fingerprint density at radius 1 is 1.62 bits per heavy atom. The van der Waals surface area contributed by atoms with Crippen molar-refractivity contribution in [1.82, 2.24) is 0 Å². The van der Waals surface area contributed by atoms with Crippen LogP contribution < -0.4 is 11.1 Å². The van der Waals surface area contributed by atoms with Crippen LogP contribution in [0.4, 0.5) is 10.1 Å². The highest BCUT2D eigenvalue weighted by Crippen LogP contribution is 2.22. The van der Waals surface area contributed by atoms with Crippen LogP contribution in [0.15, 0.2) is 22.7 Å². The molecular formula is C8H8BrFN2O. The van der Waals surface area contributed by atoms with E-state index in [4.69, 9.17) is 5.73 Å². The van der Waals surface area contributed by atoms with Crippen molar-refractivity contribution >= 4 is 27.5 Å². The normalized spacial score (nSPS) is 9.77. The minimum Gasteiger partial charge on any atom is -0.324 e. The number of hydrogen-bond donors (Lipinski definition) is 2. The second-order valence-electron chi connectivity index (χ2n) is 2.38. The van der Waals surface area contributed by atoms with Gasteiger partial charge in [-0.05, 0) is 34.1 Å². The van der Waals surface area contributed by atoms with Crippen LogP contribution in [0.25, 0.3) is 0 Å². The van der Waals surface area contributed by atoms with Crippen LogP contribution in [0.1, 0.15) is 0 Å². The van der Waals surface area contributed by atoms with Gasteiger partial charge in [0, 0.05) is 4.47 Å². The van der Waals surface area contributed by atoms with E-state index in [1.54, 1.807) is 0 Å². The molecule has 0 bridgehead atoms. The summed E-state index contributed by atoms with van der Waals surface area (Å²) in [5.74, 6) is -0.762. The first-order chi connectivity index (χ1) is 6.13. The summed E-state index contributed by atoms with van der Waals surface area (Å²) in [5, 5.41) is 2.45. The van der Waals surface area contributed by atoms with Crippen LogP contribution in [0.3, 0.4) is 0 Å². The van der Waals surface area contributed by atoms with Crippen LogP contribution in [0.2, 0.25) is 0 Å². The summed E-state index contributed by atoms with van der Waals surface area (Å²) < 4.78 is 13.3. The van der Waals surface area contributed by atoms with Crippen molar-refractivity contribution in [3.63, 3.8) is 0 Å². The lowest BCUT2D eigenvalue weighted by molar-refractivity contribution is -0.114. The van der Waals surface area contributed by atoms with Gasteiger partial charge in [0.2, 0.25) is 5.91 Å². The summed E-state index contributed by atoms with van der Waals surface area (Å²) in [6, 6.07) is 4.03. The number of amides is 1. The van der Waals surface area contributed by atoms with Gasteiger partial charge in [-0.1, -0.05) is 0 Å². The van der Waals surface area contributed by atoms with Gasteiger partial charge in [-0.2, -0.15) is 0 Å². The summed E-state index contributed by atoms with van der Waals surface area (Å²) in [6.45, 7) is -0.122. The van der Waals surface area contributed by atoms with Crippen LogP contribution in [0, 0.1) is 5.82 Å². The lowest BCUT2D eigenvalue weighted by atomic mass is 10.3. The Morgan fingerprint density at radius 2 is 2.31 bits per heavy atom. The number of halogens is 2. The fourth-order valence-corrected chi connectivity index (χ4v) is 1.14. The van der Waals surface area contributed by atoms with Gasteiger partial charge >= 0.3 is 0 Å². The summed E-state index contributed by atoms with van der Waals surface area (Å²) in [6.07, 6.45) is 0. The fourth-order valence-electron chi connectivity index (χ4n) is 0.795. The molecule has 0 aliphatic heterocycles. The molecule has 0 saturated heterocycles. The monoisotopic (exact) mass is 246 g/mol. The predicted molar refractivity (Wildman–Crippen MR) is 51.8 cm³/mol. The van der Waals surface area contributed by atoms with Crippen molar-refractivity contribution in [3.8, 4) is 0 Å². The molecule has 0 aromatic heterocycles. The molecule has 1 rings (SSSR count). The third-order valence-corrected chi connectivity index (χ3v) is 2.08. The van der Waals surface area contributed by atoms with Gasteiger partial charge in [-0.15, -0.1) is 0 Å². The second kappa shape index (κ2) is 4.34. The van der Waals surface area contributed by atoms with Gasteiger partial charge in [0.1, 0.15) is 5.82 Å². The number of nitrogens with one attached hydrogen (secondary N) is 1. The maximum Gasteiger partial charge on any atom is 0.238 e. The van der Waals surface area contributed by atoms with Crippen LogP contribution >= 0.6 is 15.9 Å². The molecule has 70 valence electrons. The van der Waals surface area contributed by atoms with Gasteiger partial charge in [0.25, 0.3) is 0 Å². The summed E-state index contributed by atoms with van der Waals surface area (Å²) >= 11 is 3.17. The molecule has 0 aliphatic rings. The summed E-state index contributed by atoms with van der Waals surface area (Å²) in [7, 11) is 0. The Bertz CT molecular complexity index is 330. The molecule has 0 heterocycles. The molecule has 1 aromatic rings. The zero-order valence-electron chi connectivity index (χ0n) is 6.68. The standard InChI is InChI=1S/C8H8BrFN2O/c9-6-2-1-5(10)3-7(6)12-8(13)4-11/h1-3H,4,11H2,(H,12,13). The van der Waals surface area contributed by atoms with Gasteiger partial charge in [-0.3, -0.25) is 4.79 Å². The average molecular weight is 247 g/mol. The maximum atomic E-state index is 12.7. The molecule has 0 fully saturated rings. The first-order valence-electron chi connectivity index (χ1n) is 3.58. The summed E-state index contributed by atoms with van der Waals surface area (Å²) in [5.41, 5.74) is 5.47. The van der Waals surface area contributed by atoms with Crippen LogP contribution in [0.5, 0.6) is 0 Å². The molecule has 1 amide bonds. The Labute approximate surface area is 83.2 Å². The van der Waals surface area contributed by atoms with Crippen molar-refractivity contribution in [3.05, 3.63) is 28.5 Å². The number of rotatable bonds is 2. The molecule has 0 atom stereocenters. The second-order valence-corrected chi connectivity index (χ2v) is 3.23. The number of nitrogens with two attached hydrogens (primary N) is 1. The van der Waals surface area contributed by atoms with Gasteiger partial charge in [0.05, 0.1) is 12.2 Å². The molecule has 3 nitrogen and oxygen atoms in total. The third-order valence-electron chi connectivity index (χ3n) is 1.39. The number of carbonyl (C=O) groups is 1. The first-order valence-corrected chi connectivity index (χ1v) is 4.37. The Kier molecular flexibility index (Phi) is 3.39. The van der Waals surface area contributed by atoms with Crippen LogP contribution in [-0.4, -0.2) is 12.5 Å². The maximum absolute atomic E-state index is 12.7. The zero-order valence-corrected chi connectivity index (χ0v) is 8.27. The molecule has 3 N–H and O–H groups in total. The minimum atomic E-state index is -0.407. The first kappa shape index (κ1) is 10.1. The number of anilines is 1. The van der Waals surface area contributed by atoms with E-state index in [0.717, 1.165) is 0 Å². The average Bonchev–Trinajstić information content (AvgIpc) is 2.11. The van der Waals surface area contributed by atoms with E-state index in [1.165, 1.54) is 18.2 Å². The SMILES string of the molecule is NCC(=O)Nc1cc(F)ccc1Br. The number of hydrogen-bond acceptors (Lipinski definition) is 2. The topological polar surface area (TPSA) is 55.1 Å². The number of benzene rings is 1. The van der Waals surface area contributed by atoms with Gasteiger partial charge < -0.3 is 11.1 Å². The zero-order chi connectivity index (χ0) is 9.84. The van der Waals surface area contributed by atoms with Crippen molar-refractivity contribution in [2.24, 2.45) is 5.73 Å². The fraction of sp³-hybridized carbons (Fsp3) is 0.125. The largest absolute Gasteiger partial charge is 0.324 e. The molecule has 0 aliphatic carbocycles. The number of carbonyl (C=O) groups excluding carboxylic acids is 1. The molecule has 5 heteroatoms. The van der Waals surface area contributed by atoms with E-state index in [0.29, 0.717) is 10.2 Å². The molecule has 0 saturated carbocycles. The highest BCUT2D eigenvalue weighted by molar-refractivity contribution is 9.10.